The Kier molecular flexibility index (Phi) is 4.92. The maximum absolute atomic E-state index is 12.0. The van der Waals surface area contributed by atoms with E-state index in [1.807, 2.05) is 0 Å². The number of hydrogen-bond acceptors (Lipinski definition) is 5. The van der Waals surface area contributed by atoms with E-state index in [1.54, 1.807) is 0 Å². The maximum Gasteiger partial charge on any atom is 0.282 e. The van der Waals surface area contributed by atoms with Gasteiger partial charge in [0.05, 0.1) is 0 Å². The number of aromatic nitrogens is 2. The summed E-state index contributed by atoms with van der Waals surface area (Å²) in [4.78, 5) is 12.0. The zero-order chi connectivity index (χ0) is 12.8. The smallest absolute Gasteiger partial charge is 0.282 e. The number of nitrogens with one attached hydrogen (secondary N) is 2. The molecular weight excluding hydrogens is 248 g/mol. The van der Waals surface area contributed by atoms with E-state index in [0.29, 0.717) is 11.0 Å². The van der Waals surface area contributed by atoms with Gasteiger partial charge < -0.3 is 10.6 Å². The molecule has 1 aromatic rings. The van der Waals surface area contributed by atoms with Gasteiger partial charge in [0, 0.05) is 12.6 Å². The lowest BCUT2D eigenvalue weighted by atomic mass is 9.95. The molecule has 5 nitrogen and oxygen atoms in total. The van der Waals surface area contributed by atoms with Gasteiger partial charge in [-0.05, 0) is 19.3 Å². The summed E-state index contributed by atoms with van der Waals surface area (Å²) < 4.78 is 0. The van der Waals surface area contributed by atoms with E-state index < -0.39 is 0 Å². The molecule has 1 heterocycles. The Bertz CT molecular complexity index is 387. The van der Waals surface area contributed by atoms with Crippen LogP contribution in [0.15, 0.2) is 0 Å². The molecule has 0 bridgehead atoms. The Labute approximate surface area is 111 Å². The summed E-state index contributed by atoms with van der Waals surface area (Å²) in [5, 5.41) is 15.3. The number of carbonyl (C=O) groups is 1. The van der Waals surface area contributed by atoms with E-state index in [-0.39, 0.29) is 5.91 Å². The first-order valence-corrected chi connectivity index (χ1v) is 7.49. The number of hydrogen-bond donors (Lipinski definition) is 2. The van der Waals surface area contributed by atoms with Crippen LogP contribution in [0.4, 0.5) is 5.13 Å². The Morgan fingerprint density at radius 3 is 2.83 bits per heavy atom. The lowest BCUT2D eigenvalue weighted by Crippen LogP contribution is -2.36. The van der Waals surface area contributed by atoms with Crippen LogP contribution in [0, 0.1) is 0 Å². The number of nitrogens with zero attached hydrogens (tertiary/aromatic N) is 2. The van der Waals surface area contributed by atoms with Crippen LogP contribution in [-0.4, -0.2) is 28.7 Å². The first kappa shape index (κ1) is 13.3. The molecule has 100 valence electrons. The summed E-state index contributed by atoms with van der Waals surface area (Å²) >= 11 is 1.32. The van der Waals surface area contributed by atoms with Crippen LogP contribution in [0.2, 0.25) is 0 Å². The summed E-state index contributed by atoms with van der Waals surface area (Å²) in [6, 6.07) is 0.321. The average Bonchev–Trinajstić information content (AvgIpc) is 2.86. The SMILES string of the molecule is CCCNc1nnc(C(=O)NC2CCCCC2)s1. The molecule has 0 spiro atoms. The van der Waals surface area contributed by atoms with Gasteiger partial charge in [-0.15, -0.1) is 10.2 Å². The minimum Gasteiger partial charge on any atom is -0.360 e. The van der Waals surface area contributed by atoms with Crippen LogP contribution >= 0.6 is 11.3 Å². The van der Waals surface area contributed by atoms with Crippen LogP contribution in [0.5, 0.6) is 0 Å². The fourth-order valence-electron chi connectivity index (χ4n) is 2.11. The molecule has 1 saturated carbocycles. The van der Waals surface area contributed by atoms with Crippen molar-refractivity contribution >= 4 is 22.4 Å². The largest absolute Gasteiger partial charge is 0.360 e. The average molecular weight is 268 g/mol. The van der Waals surface area contributed by atoms with E-state index in [4.69, 9.17) is 0 Å². The molecule has 0 aromatic carbocycles. The summed E-state index contributed by atoms with van der Waals surface area (Å²) in [5.41, 5.74) is 0. The van der Waals surface area contributed by atoms with Gasteiger partial charge in [-0.3, -0.25) is 4.79 Å². The normalized spacial score (nSPS) is 16.5. The Morgan fingerprint density at radius 2 is 2.11 bits per heavy atom. The van der Waals surface area contributed by atoms with Crippen molar-refractivity contribution in [2.24, 2.45) is 0 Å². The molecule has 0 saturated heterocycles. The van der Waals surface area contributed by atoms with Gasteiger partial charge in [0.1, 0.15) is 0 Å². The van der Waals surface area contributed by atoms with Crippen LogP contribution < -0.4 is 10.6 Å². The van der Waals surface area contributed by atoms with E-state index >= 15 is 0 Å². The first-order valence-electron chi connectivity index (χ1n) is 6.68. The summed E-state index contributed by atoms with van der Waals surface area (Å²) in [7, 11) is 0. The first-order chi connectivity index (χ1) is 8.79. The maximum atomic E-state index is 12.0. The van der Waals surface area contributed by atoms with Crippen molar-refractivity contribution < 1.29 is 4.79 Å². The highest BCUT2D eigenvalue weighted by molar-refractivity contribution is 7.17. The zero-order valence-electron chi connectivity index (χ0n) is 10.7. The lowest BCUT2D eigenvalue weighted by Gasteiger charge is -2.21. The number of amides is 1. The van der Waals surface area contributed by atoms with Gasteiger partial charge in [-0.2, -0.15) is 0 Å². The fourth-order valence-corrected chi connectivity index (χ4v) is 2.78. The van der Waals surface area contributed by atoms with Gasteiger partial charge in [-0.25, -0.2) is 0 Å². The van der Waals surface area contributed by atoms with Crippen LogP contribution in [0.1, 0.15) is 55.3 Å². The van der Waals surface area contributed by atoms with Crippen LogP contribution in [-0.2, 0) is 0 Å². The van der Waals surface area contributed by atoms with Gasteiger partial charge >= 0.3 is 0 Å². The second kappa shape index (κ2) is 6.68. The van der Waals surface area contributed by atoms with E-state index in [2.05, 4.69) is 27.8 Å². The lowest BCUT2D eigenvalue weighted by molar-refractivity contribution is 0.0926. The molecule has 0 aliphatic heterocycles. The van der Waals surface area contributed by atoms with Crippen molar-refractivity contribution in [1.29, 1.82) is 0 Å². The van der Waals surface area contributed by atoms with Crippen molar-refractivity contribution in [3.8, 4) is 0 Å². The van der Waals surface area contributed by atoms with Crippen molar-refractivity contribution in [1.82, 2.24) is 15.5 Å². The zero-order valence-corrected chi connectivity index (χ0v) is 11.6. The third kappa shape index (κ3) is 3.66. The minimum absolute atomic E-state index is 0.0797. The second-order valence-corrected chi connectivity index (χ2v) is 5.63. The monoisotopic (exact) mass is 268 g/mol. The highest BCUT2D eigenvalue weighted by atomic mass is 32.1. The molecule has 1 fully saturated rings. The molecule has 1 aromatic heterocycles. The molecule has 2 N–H and O–H groups in total. The van der Waals surface area contributed by atoms with E-state index in [1.165, 1.54) is 30.6 Å². The molecular formula is C12H20N4OS. The predicted octanol–water partition coefficient (Wildman–Crippen LogP) is 2.42. The molecule has 6 heteroatoms. The quantitative estimate of drug-likeness (QED) is 0.860. The van der Waals surface area contributed by atoms with Crippen molar-refractivity contribution in [2.45, 2.75) is 51.5 Å². The van der Waals surface area contributed by atoms with E-state index in [0.717, 1.165) is 30.9 Å². The Balaban J connectivity index is 1.85. The molecule has 1 aliphatic carbocycles. The fraction of sp³-hybridized carbons (Fsp3) is 0.750. The van der Waals surface area contributed by atoms with Crippen molar-refractivity contribution in [3.05, 3.63) is 5.01 Å². The highest BCUT2D eigenvalue weighted by Gasteiger charge is 2.19. The second-order valence-electron chi connectivity index (χ2n) is 4.65. The molecule has 0 atom stereocenters. The number of carbonyl (C=O) groups excluding carboxylic acids is 1. The number of rotatable bonds is 5. The topological polar surface area (TPSA) is 66.9 Å². The molecule has 0 unspecified atom stereocenters. The van der Waals surface area contributed by atoms with Crippen molar-refractivity contribution in [3.63, 3.8) is 0 Å². The third-order valence-corrected chi connectivity index (χ3v) is 3.97. The minimum atomic E-state index is -0.0797. The third-order valence-electron chi connectivity index (χ3n) is 3.09. The Morgan fingerprint density at radius 1 is 1.33 bits per heavy atom. The van der Waals surface area contributed by atoms with E-state index in [9.17, 15) is 4.79 Å². The van der Waals surface area contributed by atoms with Gasteiger partial charge in [-0.1, -0.05) is 37.5 Å². The summed E-state index contributed by atoms with van der Waals surface area (Å²) in [6.07, 6.45) is 6.92. The molecule has 2 rings (SSSR count). The predicted molar refractivity (Wildman–Crippen MR) is 73.0 cm³/mol. The molecule has 1 amide bonds. The molecule has 1 aliphatic rings. The standard InChI is InChI=1S/C12H20N4OS/c1-2-8-13-12-16-15-11(18-12)10(17)14-9-6-4-3-5-7-9/h9H,2-8H2,1H3,(H,13,16)(H,14,17). The highest BCUT2D eigenvalue weighted by Crippen LogP contribution is 2.19. The van der Waals surface area contributed by atoms with Crippen molar-refractivity contribution in [2.75, 3.05) is 11.9 Å². The number of anilines is 1. The van der Waals surface area contributed by atoms with Gasteiger partial charge in [0.15, 0.2) is 0 Å². The van der Waals surface area contributed by atoms with Crippen LogP contribution in [0.3, 0.4) is 0 Å². The summed E-state index contributed by atoms with van der Waals surface area (Å²) in [6.45, 7) is 2.95. The molecule has 18 heavy (non-hydrogen) atoms. The molecule has 0 radical (unpaired) electrons. The van der Waals surface area contributed by atoms with Gasteiger partial charge in [0.25, 0.3) is 5.91 Å². The summed E-state index contributed by atoms with van der Waals surface area (Å²) in [5.74, 6) is -0.0797. The Hall–Kier alpha value is -1.17. The van der Waals surface area contributed by atoms with Crippen LogP contribution in [0.25, 0.3) is 0 Å². The van der Waals surface area contributed by atoms with Gasteiger partial charge in [0.2, 0.25) is 10.1 Å².